The molecule has 1 heterocycles. The molecular formula is C22H32N4O2S. The van der Waals surface area contributed by atoms with E-state index in [0.717, 1.165) is 11.3 Å². The number of nitrogens with one attached hydrogen (secondary N) is 2. The number of benzene rings is 1. The Bertz CT molecular complexity index is 771. The lowest BCUT2D eigenvalue weighted by molar-refractivity contribution is -0.127. The van der Waals surface area contributed by atoms with Gasteiger partial charge in [-0.05, 0) is 42.0 Å². The summed E-state index contributed by atoms with van der Waals surface area (Å²) < 4.78 is 5.75. The molecule has 6 nitrogen and oxygen atoms in total. The van der Waals surface area contributed by atoms with E-state index in [9.17, 15) is 4.79 Å². The molecule has 1 aromatic heterocycles. The van der Waals surface area contributed by atoms with Gasteiger partial charge in [0.2, 0.25) is 5.91 Å². The first kappa shape index (κ1) is 22.7. The van der Waals surface area contributed by atoms with Crippen molar-refractivity contribution in [1.82, 2.24) is 15.5 Å². The van der Waals surface area contributed by atoms with Crippen LogP contribution in [0.1, 0.15) is 37.3 Å². The normalized spacial score (nSPS) is 12.6. The summed E-state index contributed by atoms with van der Waals surface area (Å²) >= 11 is 1.68. The summed E-state index contributed by atoms with van der Waals surface area (Å²) in [6.07, 6.45) is 0. The standard InChI is InChI=1S/C22H32N4O2S/c1-16(2)15-28-19-10-8-18(9-11-19)17(3)25-22(24-14-21(27)26(4)5)23-13-20-7-6-12-29-20/h6-12,16-17H,13-15H2,1-5H3,(H2,23,24,25). The van der Waals surface area contributed by atoms with Gasteiger partial charge in [-0.25, -0.2) is 4.99 Å². The number of guanidine groups is 1. The van der Waals surface area contributed by atoms with Crippen LogP contribution in [0.3, 0.4) is 0 Å². The number of likely N-dealkylation sites (N-methyl/N-ethyl adjacent to an activating group) is 1. The zero-order valence-electron chi connectivity index (χ0n) is 17.9. The van der Waals surface area contributed by atoms with Crippen LogP contribution in [-0.2, 0) is 11.3 Å². The van der Waals surface area contributed by atoms with Crippen molar-refractivity contribution >= 4 is 23.2 Å². The fourth-order valence-corrected chi connectivity index (χ4v) is 3.07. The topological polar surface area (TPSA) is 66.0 Å². The summed E-state index contributed by atoms with van der Waals surface area (Å²) in [6.45, 7) is 7.79. The molecule has 0 aliphatic heterocycles. The summed E-state index contributed by atoms with van der Waals surface area (Å²) in [5, 5.41) is 8.75. The van der Waals surface area contributed by atoms with Gasteiger partial charge in [0, 0.05) is 19.0 Å². The second-order valence-electron chi connectivity index (χ2n) is 7.53. The van der Waals surface area contributed by atoms with Gasteiger partial charge in [-0.3, -0.25) is 4.79 Å². The van der Waals surface area contributed by atoms with E-state index < -0.39 is 0 Å². The summed E-state index contributed by atoms with van der Waals surface area (Å²) in [4.78, 5) is 19.1. The van der Waals surface area contributed by atoms with Crippen LogP contribution >= 0.6 is 11.3 Å². The highest BCUT2D eigenvalue weighted by Gasteiger charge is 2.10. The van der Waals surface area contributed by atoms with Crippen molar-refractivity contribution in [2.75, 3.05) is 27.2 Å². The Kier molecular flexibility index (Phi) is 8.99. The van der Waals surface area contributed by atoms with Crippen molar-refractivity contribution in [1.29, 1.82) is 0 Å². The third-order valence-corrected chi connectivity index (χ3v) is 5.07. The van der Waals surface area contributed by atoms with Crippen molar-refractivity contribution < 1.29 is 9.53 Å². The lowest BCUT2D eigenvalue weighted by atomic mass is 10.1. The molecule has 0 saturated carbocycles. The number of amides is 1. The van der Waals surface area contributed by atoms with Crippen molar-refractivity contribution in [3.8, 4) is 5.75 Å². The van der Waals surface area contributed by atoms with Crippen LogP contribution in [0.5, 0.6) is 5.75 Å². The van der Waals surface area contributed by atoms with Crippen molar-refractivity contribution in [2.24, 2.45) is 10.9 Å². The Hall–Kier alpha value is -2.54. The molecule has 0 aliphatic rings. The fourth-order valence-electron chi connectivity index (χ4n) is 2.43. The first-order chi connectivity index (χ1) is 13.8. The third kappa shape index (κ3) is 8.15. The number of hydrogen-bond acceptors (Lipinski definition) is 4. The predicted octanol–water partition coefficient (Wildman–Crippen LogP) is 3.67. The Morgan fingerprint density at radius 1 is 1.17 bits per heavy atom. The zero-order valence-corrected chi connectivity index (χ0v) is 18.8. The molecule has 1 amide bonds. The summed E-state index contributed by atoms with van der Waals surface area (Å²) in [5.74, 6) is 1.94. The van der Waals surface area contributed by atoms with Crippen molar-refractivity contribution in [3.63, 3.8) is 0 Å². The molecule has 1 atom stereocenters. The number of thiophene rings is 1. The molecule has 2 N–H and O–H groups in total. The molecule has 0 radical (unpaired) electrons. The Balaban J connectivity index is 2.01. The molecule has 29 heavy (non-hydrogen) atoms. The van der Waals surface area contributed by atoms with Gasteiger partial charge in [0.1, 0.15) is 12.3 Å². The van der Waals surface area contributed by atoms with Gasteiger partial charge < -0.3 is 20.3 Å². The minimum absolute atomic E-state index is 0.0261. The van der Waals surface area contributed by atoms with Gasteiger partial charge in [-0.1, -0.05) is 32.0 Å². The second kappa shape index (κ2) is 11.5. The van der Waals surface area contributed by atoms with E-state index in [1.165, 1.54) is 4.88 Å². The number of carbonyl (C=O) groups is 1. The quantitative estimate of drug-likeness (QED) is 0.484. The average molecular weight is 417 g/mol. The van der Waals surface area contributed by atoms with E-state index in [2.05, 4.69) is 54.6 Å². The molecule has 0 saturated heterocycles. The average Bonchev–Trinajstić information content (AvgIpc) is 3.22. The Morgan fingerprint density at radius 3 is 2.48 bits per heavy atom. The summed E-state index contributed by atoms with van der Waals surface area (Å²) in [7, 11) is 3.46. The number of ether oxygens (including phenoxy) is 1. The van der Waals surface area contributed by atoms with Gasteiger partial charge in [-0.15, -0.1) is 11.3 Å². The van der Waals surface area contributed by atoms with E-state index in [1.54, 1.807) is 30.3 Å². The molecule has 0 fully saturated rings. The van der Waals surface area contributed by atoms with Gasteiger partial charge in [0.25, 0.3) is 0 Å². The smallest absolute Gasteiger partial charge is 0.243 e. The molecule has 7 heteroatoms. The van der Waals surface area contributed by atoms with Crippen LogP contribution in [-0.4, -0.2) is 44.0 Å². The number of hydrogen-bond donors (Lipinski definition) is 2. The van der Waals surface area contributed by atoms with E-state index in [4.69, 9.17) is 4.74 Å². The Morgan fingerprint density at radius 2 is 1.90 bits per heavy atom. The fraction of sp³-hybridized carbons (Fsp3) is 0.455. The highest BCUT2D eigenvalue weighted by atomic mass is 32.1. The van der Waals surface area contributed by atoms with Crippen LogP contribution < -0.4 is 15.4 Å². The molecule has 0 bridgehead atoms. The minimum Gasteiger partial charge on any atom is -0.493 e. The number of carbonyl (C=O) groups excluding carboxylic acids is 1. The lowest BCUT2D eigenvalue weighted by Gasteiger charge is -2.19. The molecular weight excluding hydrogens is 384 g/mol. The molecule has 1 aromatic carbocycles. The Labute approximate surface area is 178 Å². The second-order valence-corrected chi connectivity index (χ2v) is 8.56. The van der Waals surface area contributed by atoms with E-state index >= 15 is 0 Å². The third-order valence-electron chi connectivity index (χ3n) is 4.20. The van der Waals surface area contributed by atoms with Crippen molar-refractivity contribution in [2.45, 2.75) is 33.4 Å². The number of aliphatic imine (C=N–C) groups is 1. The van der Waals surface area contributed by atoms with Crippen molar-refractivity contribution in [3.05, 3.63) is 52.2 Å². The van der Waals surface area contributed by atoms with E-state index in [-0.39, 0.29) is 18.5 Å². The number of rotatable bonds is 9. The van der Waals surface area contributed by atoms with Crippen LogP contribution in [0.15, 0.2) is 46.8 Å². The van der Waals surface area contributed by atoms with Crippen LogP contribution in [0.25, 0.3) is 0 Å². The first-order valence-corrected chi connectivity index (χ1v) is 10.7. The monoisotopic (exact) mass is 416 g/mol. The molecule has 1 unspecified atom stereocenters. The van der Waals surface area contributed by atoms with Crippen LogP contribution in [0.4, 0.5) is 0 Å². The number of nitrogens with zero attached hydrogens (tertiary/aromatic N) is 2. The van der Waals surface area contributed by atoms with Gasteiger partial charge in [0.05, 0.1) is 19.2 Å². The maximum Gasteiger partial charge on any atom is 0.243 e. The minimum atomic E-state index is -0.0402. The molecule has 0 aliphatic carbocycles. The van der Waals surface area contributed by atoms with Crippen LogP contribution in [0.2, 0.25) is 0 Å². The van der Waals surface area contributed by atoms with E-state index in [0.29, 0.717) is 25.0 Å². The molecule has 2 rings (SSSR count). The van der Waals surface area contributed by atoms with E-state index in [1.807, 2.05) is 23.6 Å². The summed E-state index contributed by atoms with van der Waals surface area (Å²) in [5.41, 5.74) is 1.12. The van der Waals surface area contributed by atoms with Crippen LogP contribution in [0, 0.1) is 5.92 Å². The SMILES string of the molecule is CC(C)COc1ccc(C(C)NC(=NCC(=O)N(C)C)NCc2cccs2)cc1. The maximum absolute atomic E-state index is 11.9. The predicted molar refractivity (Wildman–Crippen MR) is 120 cm³/mol. The highest BCUT2D eigenvalue weighted by Crippen LogP contribution is 2.18. The van der Waals surface area contributed by atoms with Gasteiger partial charge in [0.15, 0.2) is 5.96 Å². The molecule has 2 aromatic rings. The lowest BCUT2D eigenvalue weighted by Crippen LogP contribution is -2.39. The summed E-state index contributed by atoms with van der Waals surface area (Å²) in [6, 6.07) is 12.2. The largest absolute Gasteiger partial charge is 0.493 e. The zero-order chi connectivity index (χ0) is 21.2. The van der Waals surface area contributed by atoms with Gasteiger partial charge >= 0.3 is 0 Å². The maximum atomic E-state index is 11.9. The molecule has 0 spiro atoms. The van der Waals surface area contributed by atoms with Gasteiger partial charge in [-0.2, -0.15) is 0 Å². The highest BCUT2D eigenvalue weighted by molar-refractivity contribution is 7.09. The molecule has 158 valence electrons. The first-order valence-electron chi connectivity index (χ1n) is 9.85.